The van der Waals surface area contributed by atoms with Gasteiger partial charge in [0.25, 0.3) is 0 Å². The largest absolute Gasteiger partial charge is 0.508 e. The number of carbonyl (C=O) groups excluding carboxylic acids is 1. The number of aromatic nitrogens is 1. The standard InChI is InChI=1S/C22H27ClN2O4/c1-22(2,3)29-21(28)25(13-19(27)15-6-9-20(23)24-12-15)17-7-4-14-5-8-18(26)11-16(14)10-17/h5-6,8-9,11-12,17,19,26-27H,4,7,10,13H2,1-3H3. The lowest BCUT2D eigenvalue weighted by Crippen LogP contribution is -2.47. The zero-order valence-corrected chi connectivity index (χ0v) is 17.7. The van der Waals surface area contributed by atoms with Gasteiger partial charge in [0.2, 0.25) is 0 Å². The van der Waals surface area contributed by atoms with Crippen LogP contribution in [-0.2, 0) is 17.6 Å². The number of aliphatic hydroxyl groups is 1. The second-order valence-electron chi connectivity index (χ2n) is 8.41. The van der Waals surface area contributed by atoms with E-state index >= 15 is 0 Å². The molecule has 0 aliphatic heterocycles. The van der Waals surface area contributed by atoms with Crippen LogP contribution in [0.15, 0.2) is 36.5 Å². The summed E-state index contributed by atoms with van der Waals surface area (Å²) in [6.45, 7) is 5.53. The number of aryl methyl sites for hydroxylation is 1. The number of carbonyl (C=O) groups is 1. The van der Waals surface area contributed by atoms with Gasteiger partial charge in [0.15, 0.2) is 0 Å². The highest BCUT2D eigenvalue weighted by atomic mass is 35.5. The fourth-order valence-corrected chi connectivity index (χ4v) is 3.67. The van der Waals surface area contributed by atoms with Crippen LogP contribution in [0.1, 0.15) is 50.0 Å². The van der Waals surface area contributed by atoms with E-state index < -0.39 is 17.8 Å². The average molecular weight is 419 g/mol. The number of amides is 1. The molecule has 0 fully saturated rings. The van der Waals surface area contributed by atoms with Crippen molar-refractivity contribution >= 4 is 17.7 Å². The van der Waals surface area contributed by atoms with Crippen LogP contribution < -0.4 is 0 Å². The summed E-state index contributed by atoms with van der Waals surface area (Å²) in [6.07, 6.45) is 2.26. The molecule has 1 aliphatic rings. The van der Waals surface area contributed by atoms with Gasteiger partial charge in [-0.25, -0.2) is 9.78 Å². The molecule has 1 aliphatic carbocycles. The number of fused-ring (bicyclic) bond motifs is 1. The van der Waals surface area contributed by atoms with E-state index in [0.717, 1.165) is 18.4 Å². The zero-order valence-electron chi connectivity index (χ0n) is 16.9. The maximum atomic E-state index is 13.0. The fraction of sp³-hybridized carbons (Fsp3) is 0.455. The smallest absolute Gasteiger partial charge is 0.410 e. The van der Waals surface area contributed by atoms with Crippen molar-refractivity contribution < 1.29 is 19.7 Å². The maximum Gasteiger partial charge on any atom is 0.410 e. The van der Waals surface area contributed by atoms with Gasteiger partial charge < -0.3 is 19.8 Å². The zero-order chi connectivity index (χ0) is 21.2. The Morgan fingerprint density at radius 3 is 2.72 bits per heavy atom. The number of phenolic OH excluding ortho intramolecular Hbond substituents is 1. The third-order valence-corrected chi connectivity index (χ3v) is 5.19. The lowest BCUT2D eigenvalue weighted by Gasteiger charge is -2.37. The first-order valence-corrected chi connectivity index (χ1v) is 10.1. The molecule has 0 bridgehead atoms. The number of hydrogen-bond acceptors (Lipinski definition) is 5. The molecule has 3 rings (SSSR count). The maximum absolute atomic E-state index is 13.0. The molecule has 1 aromatic carbocycles. The van der Waals surface area contributed by atoms with E-state index in [9.17, 15) is 15.0 Å². The first-order chi connectivity index (χ1) is 13.6. The molecule has 2 atom stereocenters. The summed E-state index contributed by atoms with van der Waals surface area (Å²) >= 11 is 5.83. The molecule has 1 amide bonds. The van der Waals surface area contributed by atoms with Crippen molar-refractivity contribution in [3.8, 4) is 5.75 Å². The first-order valence-electron chi connectivity index (χ1n) is 9.72. The number of nitrogens with zero attached hydrogens (tertiary/aromatic N) is 2. The van der Waals surface area contributed by atoms with Crippen LogP contribution in [0, 0.1) is 0 Å². The highest BCUT2D eigenvalue weighted by Crippen LogP contribution is 2.29. The Hall–Kier alpha value is -2.31. The highest BCUT2D eigenvalue weighted by Gasteiger charge is 2.32. The van der Waals surface area contributed by atoms with E-state index in [1.54, 1.807) is 29.2 Å². The van der Waals surface area contributed by atoms with E-state index in [1.165, 1.54) is 11.8 Å². The molecule has 1 heterocycles. The van der Waals surface area contributed by atoms with E-state index in [-0.39, 0.29) is 18.3 Å². The van der Waals surface area contributed by atoms with Crippen LogP contribution >= 0.6 is 11.6 Å². The van der Waals surface area contributed by atoms with Crippen LogP contribution in [0.25, 0.3) is 0 Å². The molecule has 2 unspecified atom stereocenters. The number of ether oxygens (including phenoxy) is 1. The van der Waals surface area contributed by atoms with Gasteiger partial charge in [0.1, 0.15) is 16.5 Å². The number of rotatable bonds is 4. The van der Waals surface area contributed by atoms with Crippen molar-refractivity contribution in [2.75, 3.05) is 6.54 Å². The number of hydrogen-bond donors (Lipinski definition) is 2. The van der Waals surface area contributed by atoms with Crippen LogP contribution in [-0.4, -0.2) is 44.4 Å². The third kappa shape index (κ3) is 5.61. The molecule has 29 heavy (non-hydrogen) atoms. The number of halogens is 1. The van der Waals surface area contributed by atoms with E-state index in [1.807, 2.05) is 26.8 Å². The number of phenols is 1. The third-order valence-electron chi connectivity index (χ3n) is 4.97. The number of pyridine rings is 1. The predicted molar refractivity (Wildman–Crippen MR) is 111 cm³/mol. The van der Waals surface area contributed by atoms with Crippen molar-refractivity contribution in [1.82, 2.24) is 9.88 Å². The Balaban J connectivity index is 1.83. The molecule has 0 spiro atoms. The van der Waals surface area contributed by atoms with E-state index in [4.69, 9.17) is 16.3 Å². The number of aromatic hydroxyl groups is 1. The van der Waals surface area contributed by atoms with Gasteiger partial charge in [-0.3, -0.25) is 0 Å². The minimum atomic E-state index is -0.919. The van der Waals surface area contributed by atoms with Gasteiger partial charge >= 0.3 is 6.09 Å². The normalized spacial score (nSPS) is 17.3. The van der Waals surface area contributed by atoms with Crippen LogP contribution in [0.2, 0.25) is 5.15 Å². The monoisotopic (exact) mass is 418 g/mol. The second-order valence-corrected chi connectivity index (χ2v) is 8.80. The average Bonchev–Trinajstić information content (AvgIpc) is 2.64. The van der Waals surface area contributed by atoms with Gasteiger partial charge in [-0.2, -0.15) is 0 Å². The molecule has 0 saturated heterocycles. The fourth-order valence-electron chi connectivity index (χ4n) is 3.56. The van der Waals surface area contributed by atoms with E-state index in [2.05, 4.69) is 4.98 Å². The van der Waals surface area contributed by atoms with Crippen molar-refractivity contribution in [1.29, 1.82) is 0 Å². The molecule has 1 aromatic heterocycles. The molecule has 2 aromatic rings. The SMILES string of the molecule is CC(C)(C)OC(=O)N(CC(O)c1ccc(Cl)nc1)C1CCc2ccc(O)cc2C1. The Morgan fingerprint density at radius 1 is 1.31 bits per heavy atom. The lowest BCUT2D eigenvalue weighted by molar-refractivity contribution is 0.00192. The summed E-state index contributed by atoms with van der Waals surface area (Å²) in [5, 5.41) is 20.9. The minimum absolute atomic E-state index is 0.0804. The second kappa shape index (κ2) is 8.59. The van der Waals surface area contributed by atoms with Gasteiger partial charge in [-0.1, -0.05) is 23.7 Å². The van der Waals surface area contributed by atoms with Crippen molar-refractivity contribution in [2.45, 2.75) is 57.8 Å². The van der Waals surface area contributed by atoms with Crippen molar-refractivity contribution in [3.63, 3.8) is 0 Å². The van der Waals surface area contributed by atoms with Crippen molar-refractivity contribution in [2.24, 2.45) is 0 Å². The van der Waals surface area contributed by atoms with Gasteiger partial charge in [0.05, 0.1) is 12.6 Å². The molecule has 7 heteroatoms. The lowest BCUT2D eigenvalue weighted by atomic mass is 9.87. The number of aliphatic hydroxyl groups excluding tert-OH is 1. The summed E-state index contributed by atoms with van der Waals surface area (Å²) in [6, 6.07) is 8.51. The van der Waals surface area contributed by atoms with Crippen LogP contribution in [0.3, 0.4) is 0 Å². The molecule has 6 nitrogen and oxygen atoms in total. The minimum Gasteiger partial charge on any atom is -0.508 e. The topological polar surface area (TPSA) is 82.9 Å². The number of benzene rings is 1. The Bertz CT molecular complexity index is 864. The van der Waals surface area contributed by atoms with Gasteiger partial charge in [-0.15, -0.1) is 0 Å². The molecule has 0 saturated carbocycles. The predicted octanol–water partition coefficient (Wildman–Crippen LogP) is 4.27. The Morgan fingerprint density at radius 2 is 2.07 bits per heavy atom. The first kappa shape index (κ1) is 21.4. The summed E-state index contributed by atoms with van der Waals surface area (Å²) in [4.78, 5) is 18.6. The Labute approximate surface area is 176 Å². The summed E-state index contributed by atoms with van der Waals surface area (Å²) in [7, 11) is 0. The van der Waals surface area contributed by atoms with Gasteiger partial charge in [-0.05, 0) is 69.4 Å². The van der Waals surface area contributed by atoms with Crippen LogP contribution in [0.4, 0.5) is 4.79 Å². The quantitative estimate of drug-likeness (QED) is 0.724. The van der Waals surface area contributed by atoms with E-state index in [0.29, 0.717) is 17.1 Å². The summed E-state index contributed by atoms with van der Waals surface area (Å²) in [5.74, 6) is 0.209. The molecular formula is C22H27ClN2O4. The summed E-state index contributed by atoms with van der Waals surface area (Å²) in [5.41, 5.74) is 2.12. The van der Waals surface area contributed by atoms with Crippen LogP contribution in [0.5, 0.6) is 5.75 Å². The molecule has 2 N–H and O–H groups in total. The summed E-state index contributed by atoms with van der Waals surface area (Å²) < 4.78 is 5.61. The van der Waals surface area contributed by atoms with Crippen molar-refractivity contribution in [3.05, 3.63) is 58.4 Å². The molecule has 156 valence electrons. The molecular weight excluding hydrogens is 392 g/mol. The van der Waals surface area contributed by atoms with Gasteiger partial charge in [0, 0.05) is 17.8 Å². The molecule has 0 radical (unpaired) electrons. The highest BCUT2D eigenvalue weighted by molar-refractivity contribution is 6.29. The Kier molecular flexibility index (Phi) is 6.34.